The smallest absolute Gasteiger partial charge is 0.272 e. The van der Waals surface area contributed by atoms with Gasteiger partial charge in [-0.2, -0.15) is 5.10 Å². The Labute approximate surface area is 134 Å². The minimum absolute atomic E-state index is 0.119. The van der Waals surface area contributed by atoms with Crippen LogP contribution in [-0.2, 0) is 13.6 Å². The molecule has 118 valence electrons. The Hall–Kier alpha value is -2.89. The summed E-state index contributed by atoms with van der Waals surface area (Å²) < 4.78 is 6.91. The highest BCUT2D eigenvalue weighted by Crippen LogP contribution is 2.20. The van der Waals surface area contributed by atoms with Crippen LogP contribution in [-0.4, -0.2) is 39.7 Å². The molecule has 0 radical (unpaired) electrons. The van der Waals surface area contributed by atoms with Gasteiger partial charge in [-0.3, -0.25) is 9.48 Å². The number of fused-ring (bicyclic) bond motifs is 1. The van der Waals surface area contributed by atoms with E-state index in [1.165, 1.54) is 0 Å². The van der Waals surface area contributed by atoms with Crippen molar-refractivity contribution >= 4 is 16.8 Å². The minimum atomic E-state index is -0.119. The standard InChI is InChI=1S/C17H18N4O2/c1-20(10-12-9-18-21(2)11-12)17(22)16-6-4-13-8-14(23-3)5-7-15(13)19-16/h4-9,11H,10H2,1-3H3. The molecule has 23 heavy (non-hydrogen) atoms. The van der Waals surface area contributed by atoms with E-state index in [0.717, 1.165) is 22.2 Å². The molecule has 2 heterocycles. The normalized spacial score (nSPS) is 10.7. The van der Waals surface area contributed by atoms with E-state index in [1.54, 1.807) is 36.0 Å². The van der Waals surface area contributed by atoms with Crippen LogP contribution >= 0.6 is 0 Å². The number of carbonyl (C=O) groups excluding carboxylic acids is 1. The summed E-state index contributed by atoms with van der Waals surface area (Å²) in [4.78, 5) is 18.6. The topological polar surface area (TPSA) is 60.2 Å². The first kappa shape index (κ1) is 15.0. The van der Waals surface area contributed by atoms with E-state index < -0.39 is 0 Å². The zero-order chi connectivity index (χ0) is 16.4. The highest BCUT2D eigenvalue weighted by molar-refractivity contribution is 5.94. The Morgan fingerprint density at radius 1 is 1.30 bits per heavy atom. The number of ether oxygens (including phenoxy) is 1. The molecule has 0 fully saturated rings. The van der Waals surface area contributed by atoms with Crippen LogP contribution in [0.15, 0.2) is 42.7 Å². The van der Waals surface area contributed by atoms with E-state index in [9.17, 15) is 4.79 Å². The molecule has 0 aliphatic rings. The Balaban J connectivity index is 1.82. The Morgan fingerprint density at radius 3 is 2.83 bits per heavy atom. The summed E-state index contributed by atoms with van der Waals surface area (Å²) in [6.45, 7) is 0.495. The van der Waals surface area contributed by atoms with Gasteiger partial charge in [0, 0.05) is 37.8 Å². The van der Waals surface area contributed by atoms with Crippen LogP contribution in [0, 0.1) is 0 Å². The maximum absolute atomic E-state index is 12.5. The van der Waals surface area contributed by atoms with Crippen LogP contribution in [0.25, 0.3) is 10.9 Å². The molecule has 1 amide bonds. The van der Waals surface area contributed by atoms with Gasteiger partial charge in [-0.25, -0.2) is 4.98 Å². The van der Waals surface area contributed by atoms with Gasteiger partial charge in [-0.05, 0) is 24.3 Å². The largest absolute Gasteiger partial charge is 0.497 e. The van der Waals surface area contributed by atoms with Crippen molar-refractivity contribution < 1.29 is 9.53 Å². The third-order valence-electron chi connectivity index (χ3n) is 3.64. The van der Waals surface area contributed by atoms with E-state index in [4.69, 9.17) is 4.74 Å². The second-order valence-corrected chi connectivity index (χ2v) is 5.44. The molecule has 2 aromatic heterocycles. The van der Waals surface area contributed by atoms with Gasteiger partial charge in [0.2, 0.25) is 0 Å². The summed E-state index contributed by atoms with van der Waals surface area (Å²) in [5.41, 5.74) is 2.18. The number of rotatable bonds is 4. The fourth-order valence-corrected chi connectivity index (χ4v) is 2.44. The fourth-order valence-electron chi connectivity index (χ4n) is 2.44. The molecule has 1 aromatic carbocycles. The van der Waals surface area contributed by atoms with Gasteiger partial charge >= 0.3 is 0 Å². The van der Waals surface area contributed by atoms with Crippen LogP contribution < -0.4 is 4.74 Å². The summed E-state index contributed by atoms with van der Waals surface area (Å²) in [6, 6.07) is 9.21. The van der Waals surface area contributed by atoms with Crippen molar-refractivity contribution in [3.8, 4) is 5.75 Å². The number of methoxy groups -OCH3 is 1. The molecule has 0 bridgehead atoms. The Kier molecular flexibility index (Phi) is 3.97. The van der Waals surface area contributed by atoms with Crippen molar-refractivity contribution in [1.29, 1.82) is 0 Å². The first-order chi connectivity index (χ1) is 11.1. The maximum Gasteiger partial charge on any atom is 0.272 e. The lowest BCUT2D eigenvalue weighted by atomic mass is 10.2. The minimum Gasteiger partial charge on any atom is -0.497 e. The molecule has 0 spiro atoms. The summed E-state index contributed by atoms with van der Waals surface area (Å²) in [5.74, 6) is 0.652. The predicted molar refractivity (Wildman–Crippen MR) is 87.3 cm³/mol. The molecular weight excluding hydrogens is 292 g/mol. The van der Waals surface area contributed by atoms with Crippen LogP contribution in [0.5, 0.6) is 5.75 Å². The molecule has 0 saturated heterocycles. The lowest BCUT2D eigenvalue weighted by Gasteiger charge is -2.16. The van der Waals surface area contributed by atoms with E-state index in [1.807, 2.05) is 37.5 Å². The molecule has 0 N–H and O–H groups in total. The van der Waals surface area contributed by atoms with Gasteiger partial charge in [0.05, 0.1) is 18.8 Å². The maximum atomic E-state index is 12.5. The van der Waals surface area contributed by atoms with Gasteiger partial charge in [-0.15, -0.1) is 0 Å². The van der Waals surface area contributed by atoms with Crippen LogP contribution in [0.2, 0.25) is 0 Å². The molecule has 3 rings (SSSR count). The monoisotopic (exact) mass is 310 g/mol. The SMILES string of the molecule is COc1ccc2nc(C(=O)N(C)Cc3cnn(C)c3)ccc2c1. The fraction of sp³-hybridized carbons (Fsp3) is 0.235. The molecule has 6 heteroatoms. The number of pyridine rings is 1. The molecule has 0 aliphatic carbocycles. The van der Waals surface area contributed by atoms with Gasteiger partial charge in [-0.1, -0.05) is 6.07 Å². The highest BCUT2D eigenvalue weighted by Gasteiger charge is 2.14. The second-order valence-electron chi connectivity index (χ2n) is 5.44. The summed E-state index contributed by atoms with van der Waals surface area (Å²) in [7, 11) is 5.24. The van der Waals surface area contributed by atoms with E-state index >= 15 is 0 Å². The summed E-state index contributed by atoms with van der Waals surface area (Å²) in [6.07, 6.45) is 3.65. The number of amides is 1. The van der Waals surface area contributed by atoms with E-state index in [2.05, 4.69) is 10.1 Å². The van der Waals surface area contributed by atoms with Gasteiger partial charge < -0.3 is 9.64 Å². The van der Waals surface area contributed by atoms with Gasteiger partial charge in [0.1, 0.15) is 11.4 Å². The quantitative estimate of drug-likeness (QED) is 0.741. The first-order valence-corrected chi connectivity index (χ1v) is 7.24. The van der Waals surface area contributed by atoms with E-state index in [-0.39, 0.29) is 5.91 Å². The van der Waals surface area contributed by atoms with Gasteiger partial charge in [0.15, 0.2) is 0 Å². The van der Waals surface area contributed by atoms with Crippen LogP contribution in [0.3, 0.4) is 0 Å². The molecule has 0 saturated carbocycles. The Bertz CT molecular complexity index is 857. The zero-order valence-electron chi connectivity index (χ0n) is 13.4. The highest BCUT2D eigenvalue weighted by atomic mass is 16.5. The summed E-state index contributed by atoms with van der Waals surface area (Å²) >= 11 is 0. The second kappa shape index (κ2) is 6.08. The van der Waals surface area contributed by atoms with Crippen LogP contribution in [0.1, 0.15) is 16.1 Å². The predicted octanol–water partition coefficient (Wildman–Crippen LogP) is 2.25. The number of aromatic nitrogens is 3. The molecule has 0 unspecified atom stereocenters. The van der Waals surface area contributed by atoms with Crippen molar-refractivity contribution in [2.45, 2.75) is 6.54 Å². The van der Waals surface area contributed by atoms with Crippen molar-refractivity contribution in [3.05, 3.63) is 54.0 Å². The number of carbonyl (C=O) groups is 1. The van der Waals surface area contributed by atoms with Crippen molar-refractivity contribution in [3.63, 3.8) is 0 Å². The average molecular weight is 310 g/mol. The number of aryl methyl sites for hydroxylation is 1. The van der Waals surface area contributed by atoms with E-state index in [0.29, 0.717) is 12.2 Å². The molecular formula is C17H18N4O2. The van der Waals surface area contributed by atoms with Crippen LogP contribution in [0.4, 0.5) is 0 Å². The third-order valence-corrected chi connectivity index (χ3v) is 3.64. The van der Waals surface area contributed by atoms with Crippen molar-refractivity contribution in [1.82, 2.24) is 19.7 Å². The lowest BCUT2D eigenvalue weighted by Crippen LogP contribution is -2.26. The Morgan fingerprint density at radius 2 is 2.13 bits per heavy atom. The number of hydrogen-bond donors (Lipinski definition) is 0. The number of hydrogen-bond acceptors (Lipinski definition) is 4. The average Bonchev–Trinajstić information content (AvgIpc) is 2.97. The zero-order valence-corrected chi connectivity index (χ0v) is 13.4. The molecule has 3 aromatic rings. The first-order valence-electron chi connectivity index (χ1n) is 7.24. The summed E-state index contributed by atoms with van der Waals surface area (Å²) in [5, 5.41) is 5.05. The van der Waals surface area contributed by atoms with Crippen molar-refractivity contribution in [2.75, 3.05) is 14.2 Å². The van der Waals surface area contributed by atoms with Crippen molar-refractivity contribution in [2.24, 2.45) is 7.05 Å². The third kappa shape index (κ3) is 3.15. The lowest BCUT2D eigenvalue weighted by molar-refractivity contribution is 0.0779. The molecule has 6 nitrogen and oxygen atoms in total. The number of benzene rings is 1. The molecule has 0 aliphatic heterocycles. The van der Waals surface area contributed by atoms with Gasteiger partial charge in [0.25, 0.3) is 5.91 Å². The number of nitrogens with zero attached hydrogens (tertiary/aromatic N) is 4. The molecule has 0 atom stereocenters.